The molecule has 0 aliphatic carbocycles. The summed E-state index contributed by atoms with van der Waals surface area (Å²) in [5, 5.41) is 0. The molecule has 0 N–H and O–H groups in total. The highest BCUT2D eigenvalue weighted by Gasteiger charge is 2.41. The highest BCUT2D eigenvalue weighted by atomic mass is 31.2. The number of carbonyl (C=O) groups excluding carboxylic acids is 1. The number of hydrogen-bond donors (Lipinski definition) is 0. The first kappa shape index (κ1) is 22.6. The Morgan fingerprint density at radius 2 is 1.48 bits per heavy atom. The molecular formula is C22H26NO7P. The minimum atomic E-state index is -4.28. The molecule has 1 aliphatic rings. The third-order valence-electron chi connectivity index (χ3n) is 3.92. The van der Waals surface area contributed by atoms with Gasteiger partial charge in [0.05, 0.1) is 6.04 Å². The summed E-state index contributed by atoms with van der Waals surface area (Å²) < 4.78 is 41.4. The largest absolute Gasteiger partial charge is 0.648 e. The fourth-order valence-corrected chi connectivity index (χ4v) is 3.88. The van der Waals surface area contributed by atoms with Crippen LogP contribution in [0.5, 0.6) is 11.5 Å². The third kappa shape index (κ3) is 6.43. The van der Waals surface area contributed by atoms with E-state index in [0.717, 1.165) is 0 Å². The molecule has 1 amide bonds. The Hall–Kier alpha value is -3.12. The predicted octanol–water partition coefficient (Wildman–Crippen LogP) is 5.72. The van der Waals surface area contributed by atoms with Crippen LogP contribution in [0.2, 0.25) is 0 Å². The van der Waals surface area contributed by atoms with Crippen LogP contribution in [0.3, 0.4) is 0 Å². The Bertz CT molecular complexity index is 911. The number of phosphoric acid groups is 1. The minimum absolute atomic E-state index is 0.136. The fourth-order valence-electron chi connectivity index (χ4n) is 2.65. The Kier molecular flexibility index (Phi) is 6.81. The molecular weight excluding hydrogens is 421 g/mol. The van der Waals surface area contributed by atoms with Crippen molar-refractivity contribution in [3.63, 3.8) is 0 Å². The summed E-state index contributed by atoms with van der Waals surface area (Å²) in [6.07, 6.45) is 0.528. The summed E-state index contributed by atoms with van der Waals surface area (Å²) in [6.45, 7) is 7.23. The van der Waals surface area contributed by atoms with E-state index in [2.05, 4.69) is 0 Å². The molecule has 0 radical (unpaired) electrons. The smallest absolute Gasteiger partial charge is 0.493 e. The second kappa shape index (κ2) is 9.35. The van der Waals surface area contributed by atoms with Crippen LogP contribution < -0.4 is 9.05 Å². The number of para-hydroxylation sites is 2. The molecule has 1 aliphatic heterocycles. The monoisotopic (exact) mass is 447 g/mol. The van der Waals surface area contributed by atoms with Crippen molar-refractivity contribution in [3.05, 3.63) is 72.8 Å². The molecule has 0 aromatic heterocycles. The Labute approximate surface area is 181 Å². The quantitative estimate of drug-likeness (QED) is 0.524. The number of benzene rings is 2. The topological polar surface area (TPSA) is 83.5 Å². The van der Waals surface area contributed by atoms with Gasteiger partial charge in [-0.05, 0) is 52.0 Å². The van der Waals surface area contributed by atoms with Crippen molar-refractivity contribution in [2.45, 2.75) is 39.3 Å². The van der Waals surface area contributed by atoms with Gasteiger partial charge in [0, 0.05) is 0 Å². The van der Waals surface area contributed by atoms with Gasteiger partial charge in [-0.2, -0.15) is 4.57 Å². The lowest BCUT2D eigenvalue weighted by Gasteiger charge is -2.35. The van der Waals surface area contributed by atoms with E-state index in [-0.39, 0.29) is 24.0 Å². The molecule has 1 heterocycles. The molecule has 1 atom stereocenters. The lowest BCUT2D eigenvalue weighted by Crippen LogP contribution is -2.45. The lowest BCUT2D eigenvalue weighted by molar-refractivity contribution is -0.00423. The Balaban J connectivity index is 1.90. The van der Waals surface area contributed by atoms with Gasteiger partial charge in [-0.25, -0.2) is 9.69 Å². The maximum absolute atomic E-state index is 13.6. The highest BCUT2D eigenvalue weighted by Crippen LogP contribution is 2.52. The Morgan fingerprint density at radius 3 is 1.97 bits per heavy atom. The number of ether oxygens (including phenoxy) is 2. The molecule has 0 spiro atoms. The van der Waals surface area contributed by atoms with Gasteiger partial charge in [-0.1, -0.05) is 36.4 Å². The van der Waals surface area contributed by atoms with E-state index in [1.54, 1.807) is 88.4 Å². The molecule has 3 rings (SSSR count). The summed E-state index contributed by atoms with van der Waals surface area (Å²) in [6, 6.07) is 16.5. The third-order valence-corrected chi connectivity index (χ3v) is 5.20. The van der Waals surface area contributed by atoms with Crippen molar-refractivity contribution in [1.29, 1.82) is 0 Å². The number of hydrogen-bond acceptors (Lipinski definition) is 7. The highest BCUT2D eigenvalue weighted by molar-refractivity contribution is 7.49. The SMILES string of the molecule is C[C@@H]1COC=C(OP(=O)(Oc2ccccc2)Oc2ccccc2)N1C(=O)OC(C)(C)C. The normalized spacial score (nSPS) is 16.6. The summed E-state index contributed by atoms with van der Waals surface area (Å²) in [7, 11) is -4.28. The maximum atomic E-state index is 13.6. The van der Waals surface area contributed by atoms with Crippen molar-refractivity contribution < 1.29 is 32.4 Å². The van der Waals surface area contributed by atoms with E-state index < -0.39 is 25.6 Å². The van der Waals surface area contributed by atoms with E-state index >= 15 is 0 Å². The molecule has 166 valence electrons. The van der Waals surface area contributed by atoms with Crippen LogP contribution in [0.25, 0.3) is 0 Å². The molecule has 31 heavy (non-hydrogen) atoms. The fraction of sp³-hybridized carbons (Fsp3) is 0.318. The second-order valence-electron chi connectivity index (χ2n) is 7.84. The first-order valence-corrected chi connectivity index (χ1v) is 11.2. The van der Waals surface area contributed by atoms with Gasteiger partial charge < -0.3 is 23.0 Å². The van der Waals surface area contributed by atoms with Crippen LogP contribution in [0, 0.1) is 0 Å². The van der Waals surface area contributed by atoms with Gasteiger partial charge in [-0.3, -0.25) is 0 Å². The molecule has 2 aromatic rings. The number of nitrogens with zero attached hydrogens (tertiary/aromatic N) is 1. The van der Waals surface area contributed by atoms with Crippen molar-refractivity contribution in [2.24, 2.45) is 0 Å². The van der Waals surface area contributed by atoms with E-state index in [1.165, 1.54) is 11.2 Å². The van der Waals surface area contributed by atoms with Crippen LogP contribution >= 0.6 is 7.82 Å². The molecule has 0 unspecified atom stereocenters. The molecule has 0 fully saturated rings. The first-order chi connectivity index (χ1) is 14.7. The number of phosphoric ester groups is 1. The molecule has 0 saturated heterocycles. The lowest BCUT2D eigenvalue weighted by atomic mass is 10.2. The maximum Gasteiger partial charge on any atom is 0.648 e. The Morgan fingerprint density at radius 1 is 0.968 bits per heavy atom. The van der Waals surface area contributed by atoms with Crippen molar-refractivity contribution in [1.82, 2.24) is 4.90 Å². The number of carbonyl (C=O) groups is 1. The molecule has 9 heteroatoms. The number of amides is 1. The average molecular weight is 447 g/mol. The molecule has 8 nitrogen and oxygen atoms in total. The van der Waals surface area contributed by atoms with Gasteiger partial charge in [0.25, 0.3) is 0 Å². The zero-order valence-electron chi connectivity index (χ0n) is 17.9. The molecule has 0 bridgehead atoms. The summed E-state index contributed by atoms with van der Waals surface area (Å²) in [5.41, 5.74) is -0.731. The van der Waals surface area contributed by atoms with Crippen LogP contribution in [0.4, 0.5) is 4.79 Å². The van der Waals surface area contributed by atoms with Crippen LogP contribution in [-0.2, 0) is 18.6 Å². The van der Waals surface area contributed by atoms with E-state index in [1.807, 2.05) is 0 Å². The standard InChI is InChI=1S/C22H26NO7P/c1-17-15-26-16-20(23(17)21(24)27-22(2,3)4)30-31(25,28-18-11-7-5-8-12-18)29-19-13-9-6-10-14-19/h5-14,16-17H,15H2,1-4H3/t17-/m1/s1. The van der Waals surface area contributed by atoms with E-state index in [0.29, 0.717) is 0 Å². The summed E-state index contributed by atoms with van der Waals surface area (Å²) in [5.74, 6) is 0.412. The van der Waals surface area contributed by atoms with Gasteiger partial charge in [0.15, 0.2) is 0 Å². The van der Waals surface area contributed by atoms with Gasteiger partial charge in [0.2, 0.25) is 5.88 Å². The molecule has 2 aromatic carbocycles. The molecule has 0 saturated carbocycles. The predicted molar refractivity (Wildman–Crippen MR) is 114 cm³/mol. The second-order valence-corrected chi connectivity index (χ2v) is 9.28. The van der Waals surface area contributed by atoms with Crippen molar-refractivity contribution >= 4 is 13.9 Å². The number of rotatable bonds is 6. The summed E-state index contributed by atoms with van der Waals surface area (Å²) >= 11 is 0. The van der Waals surface area contributed by atoms with E-state index in [9.17, 15) is 9.36 Å². The average Bonchev–Trinajstić information content (AvgIpc) is 2.68. The van der Waals surface area contributed by atoms with E-state index in [4.69, 9.17) is 23.0 Å². The minimum Gasteiger partial charge on any atom is -0.493 e. The first-order valence-electron chi connectivity index (χ1n) is 9.78. The van der Waals surface area contributed by atoms with Crippen molar-refractivity contribution in [3.8, 4) is 11.5 Å². The van der Waals surface area contributed by atoms with Crippen LogP contribution in [-0.4, -0.2) is 29.2 Å². The zero-order chi connectivity index (χ0) is 22.5. The van der Waals surface area contributed by atoms with Gasteiger partial charge >= 0.3 is 13.9 Å². The van der Waals surface area contributed by atoms with Gasteiger partial charge in [0.1, 0.15) is 30.0 Å². The summed E-state index contributed by atoms with van der Waals surface area (Å²) in [4.78, 5) is 14.0. The zero-order valence-corrected chi connectivity index (χ0v) is 18.8. The van der Waals surface area contributed by atoms with Crippen molar-refractivity contribution in [2.75, 3.05) is 6.61 Å². The van der Waals surface area contributed by atoms with Gasteiger partial charge in [-0.15, -0.1) is 0 Å². The van der Waals surface area contributed by atoms with Crippen LogP contribution in [0.1, 0.15) is 27.7 Å². The van der Waals surface area contributed by atoms with Crippen LogP contribution in [0.15, 0.2) is 72.8 Å².